The van der Waals surface area contributed by atoms with Crippen LogP contribution in [-0.4, -0.2) is 15.5 Å². The van der Waals surface area contributed by atoms with Gasteiger partial charge >= 0.3 is 0 Å². The molecule has 2 aromatic rings. The van der Waals surface area contributed by atoms with Crippen LogP contribution in [0.25, 0.3) is 11.4 Å². The molecule has 1 aliphatic heterocycles. The first-order chi connectivity index (χ1) is 7.75. The Morgan fingerprint density at radius 3 is 3.19 bits per heavy atom. The molecule has 1 amide bonds. The highest BCUT2D eigenvalue weighted by molar-refractivity contribution is 5.97. The quantitative estimate of drug-likeness (QED) is 0.725. The van der Waals surface area contributed by atoms with Crippen LogP contribution < -0.4 is 5.32 Å². The number of hydrogen-bond donors (Lipinski definition) is 1. The fourth-order valence-corrected chi connectivity index (χ4v) is 2.08. The van der Waals surface area contributed by atoms with E-state index in [1.165, 1.54) is 0 Å². The molecular formula is C12H11N3O. The molecule has 0 unspecified atom stereocenters. The van der Waals surface area contributed by atoms with Gasteiger partial charge in [-0.25, -0.2) is 4.98 Å². The lowest BCUT2D eigenvalue weighted by molar-refractivity contribution is -0.116. The monoisotopic (exact) mass is 213 g/mol. The smallest absolute Gasteiger partial charge is 0.244 e. The standard InChI is InChI=1S/C12H11N3O/c1-8-3-2-4-9-11(8)12-13-5-6-15(12)7-10(16)14-9/h2-6H,7H2,1H3,(H,14,16). The van der Waals surface area contributed by atoms with Crippen LogP contribution in [0.2, 0.25) is 0 Å². The highest BCUT2D eigenvalue weighted by atomic mass is 16.2. The van der Waals surface area contributed by atoms with E-state index in [0.717, 1.165) is 22.6 Å². The highest BCUT2D eigenvalue weighted by Gasteiger charge is 2.20. The fourth-order valence-electron chi connectivity index (χ4n) is 2.08. The maximum atomic E-state index is 11.7. The molecule has 80 valence electrons. The van der Waals surface area contributed by atoms with Crippen molar-refractivity contribution in [3.63, 3.8) is 0 Å². The minimum absolute atomic E-state index is 0.0106. The average molecular weight is 213 g/mol. The van der Waals surface area contributed by atoms with Gasteiger partial charge in [0.15, 0.2) is 0 Å². The van der Waals surface area contributed by atoms with E-state index in [2.05, 4.69) is 10.3 Å². The fraction of sp³-hybridized carbons (Fsp3) is 0.167. The predicted octanol–water partition coefficient (Wildman–Crippen LogP) is 1.81. The first-order valence-corrected chi connectivity index (χ1v) is 5.16. The van der Waals surface area contributed by atoms with Crippen LogP contribution in [0.5, 0.6) is 0 Å². The second kappa shape index (κ2) is 3.20. The molecule has 0 atom stereocenters. The molecule has 16 heavy (non-hydrogen) atoms. The zero-order valence-electron chi connectivity index (χ0n) is 8.90. The number of nitrogens with one attached hydrogen (secondary N) is 1. The molecule has 2 heterocycles. The number of amides is 1. The third-order valence-corrected chi connectivity index (χ3v) is 2.80. The van der Waals surface area contributed by atoms with Crippen molar-refractivity contribution in [3.8, 4) is 11.4 Å². The Hall–Kier alpha value is -2.10. The van der Waals surface area contributed by atoms with Gasteiger partial charge in [-0.15, -0.1) is 0 Å². The van der Waals surface area contributed by atoms with Crippen LogP contribution in [0.3, 0.4) is 0 Å². The second-order valence-electron chi connectivity index (χ2n) is 3.92. The SMILES string of the molecule is Cc1cccc2c1-c1nccn1CC(=O)N2. The molecular weight excluding hydrogens is 202 g/mol. The molecule has 1 aromatic heterocycles. The van der Waals surface area contributed by atoms with Crippen LogP contribution in [0, 0.1) is 6.92 Å². The van der Waals surface area contributed by atoms with E-state index in [0.29, 0.717) is 6.54 Å². The van der Waals surface area contributed by atoms with Gasteiger partial charge in [0.1, 0.15) is 12.4 Å². The Morgan fingerprint density at radius 1 is 1.44 bits per heavy atom. The topological polar surface area (TPSA) is 46.9 Å². The first kappa shape index (κ1) is 9.15. The molecule has 4 nitrogen and oxygen atoms in total. The number of imidazole rings is 1. The minimum atomic E-state index is -0.0106. The van der Waals surface area contributed by atoms with Crippen molar-refractivity contribution >= 4 is 11.6 Å². The number of anilines is 1. The van der Waals surface area contributed by atoms with E-state index in [1.807, 2.05) is 35.9 Å². The zero-order chi connectivity index (χ0) is 11.1. The molecule has 1 N–H and O–H groups in total. The normalized spacial score (nSPS) is 13.7. The molecule has 3 rings (SSSR count). The van der Waals surface area contributed by atoms with Gasteiger partial charge < -0.3 is 9.88 Å². The van der Waals surface area contributed by atoms with Crippen molar-refractivity contribution in [2.24, 2.45) is 0 Å². The van der Waals surface area contributed by atoms with E-state index in [-0.39, 0.29) is 5.91 Å². The molecule has 0 aliphatic carbocycles. The third-order valence-electron chi connectivity index (χ3n) is 2.80. The Labute approximate surface area is 92.9 Å². The molecule has 4 heteroatoms. The van der Waals surface area contributed by atoms with Crippen molar-refractivity contribution in [1.82, 2.24) is 9.55 Å². The molecule has 0 bridgehead atoms. The lowest BCUT2D eigenvalue weighted by Gasteiger charge is -2.08. The van der Waals surface area contributed by atoms with Crippen LogP contribution in [0.1, 0.15) is 5.56 Å². The summed E-state index contributed by atoms with van der Waals surface area (Å²) in [5, 5.41) is 2.90. The van der Waals surface area contributed by atoms with Gasteiger partial charge in [0.2, 0.25) is 5.91 Å². The number of fused-ring (bicyclic) bond motifs is 3. The molecule has 1 aromatic carbocycles. The van der Waals surface area contributed by atoms with Crippen molar-refractivity contribution in [1.29, 1.82) is 0 Å². The number of aromatic nitrogens is 2. The van der Waals surface area contributed by atoms with Gasteiger partial charge in [-0.2, -0.15) is 0 Å². The number of carbonyl (C=O) groups excluding carboxylic acids is 1. The van der Waals surface area contributed by atoms with E-state index in [9.17, 15) is 4.79 Å². The van der Waals surface area contributed by atoms with Crippen LogP contribution in [0.4, 0.5) is 5.69 Å². The summed E-state index contributed by atoms with van der Waals surface area (Å²) < 4.78 is 1.87. The largest absolute Gasteiger partial charge is 0.324 e. The van der Waals surface area contributed by atoms with E-state index in [4.69, 9.17) is 0 Å². The zero-order valence-corrected chi connectivity index (χ0v) is 8.90. The molecule has 0 saturated carbocycles. The number of aryl methyl sites for hydroxylation is 1. The number of rotatable bonds is 0. The number of benzene rings is 1. The molecule has 1 aliphatic rings. The number of hydrogen-bond acceptors (Lipinski definition) is 2. The molecule has 0 saturated heterocycles. The van der Waals surface area contributed by atoms with Crippen molar-refractivity contribution in [2.45, 2.75) is 13.5 Å². The van der Waals surface area contributed by atoms with Crippen molar-refractivity contribution in [3.05, 3.63) is 36.2 Å². The van der Waals surface area contributed by atoms with Crippen LogP contribution in [0.15, 0.2) is 30.6 Å². The lowest BCUT2D eigenvalue weighted by atomic mass is 10.1. The van der Waals surface area contributed by atoms with Gasteiger partial charge in [0.05, 0.1) is 5.69 Å². The maximum absolute atomic E-state index is 11.7. The van der Waals surface area contributed by atoms with Crippen LogP contribution in [-0.2, 0) is 11.3 Å². The highest BCUT2D eigenvalue weighted by Crippen LogP contribution is 2.31. The number of carbonyl (C=O) groups is 1. The molecule has 0 spiro atoms. The Bertz CT molecular complexity index is 571. The van der Waals surface area contributed by atoms with Gasteiger partial charge in [-0.05, 0) is 18.6 Å². The van der Waals surface area contributed by atoms with Gasteiger partial charge in [-0.1, -0.05) is 12.1 Å². The number of nitrogens with zero attached hydrogens (tertiary/aromatic N) is 2. The summed E-state index contributed by atoms with van der Waals surface area (Å²) in [6.45, 7) is 2.35. The summed E-state index contributed by atoms with van der Waals surface area (Å²) in [5.41, 5.74) is 2.97. The van der Waals surface area contributed by atoms with Crippen molar-refractivity contribution in [2.75, 3.05) is 5.32 Å². The van der Waals surface area contributed by atoms with E-state index in [1.54, 1.807) is 6.20 Å². The summed E-state index contributed by atoms with van der Waals surface area (Å²) in [6, 6.07) is 5.87. The summed E-state index contributed by atoms with van der Waals surface area (Å²) in [7, 11) is 0. The second-order valence-corrected chi connectivity index (χ2v) is 3.92. The third kappa shape index (κ3) is 1.23. The Kier molecular flexibility index (Phi) is 1.83. The van der Waals surface area contributed by atoms with E-state index < -0.39 is 0 Å². The van der Waals surface area contributed by atoms with Crippen molar-refractivity contribution < 1.29 is 4.79 Å². The van der Waals surface area contributed by atoms with Gasteiger partial charge in [-0.3, -0.25) is 4.79 Å². The minimum Gasteiger partial charge on any atom is -0.324 e. The summed E-state index contributed by atoms with van der Waals surface area (Å²) in [6.07, 6.45) is 3.56. The van der Waals surface area contributed by atoms with E-state index >= 15 is 0 Å². The summed E-state index contributed by atoms with van der Waals surface area (Å²) in [4.78, 5) is 16.0. The summed E-state index contributed by atoms with van der Waals surface area (Å²) >= 11 is 0. The average Bonchev–Trinajstić information content (AvgIpc) is 2.61. The van der Waals surface area contributed by atoms with Crippen LogP contribution >= 0.6 is 0 Å². The molecule has 0 radical (unpaired) electrons. The van der Waals surface area contributed by atoms with Gasteiger partial charge in [0, 0.05) is 18.0 Å². The maximum Gasteiger partial charge on any atom is 0.244 e. The Morgan fingerprint density at radius 2 is 2.31 bits per heavy atom. The first-order valence-electron chi connectivity index (χ1n) is 5.16. The van der Waals surface area contributed by atoms with Gasteiger partial charge in [0.25, 0.3) is 0 Å². The Balaban J connectivity index is 2.34. The lowest BCUT2D eigenvalue weighted by Crippen LogP contribution is -2.15. The predicted molar refractivity (Wildman–Crippen MR) is 61.0 cm³/mol. The summed E-state index contributed by atoms with van der Waals surface area (Å²) in [5.74, 6) is 0.843. The molecule has 0 fully saturated rings.